The number of hydrogen-bond donors (Lipinski definition) is 1. The lowest BCUT2D eigenvalue weighted by molar-refractivity contribution is -0.147. The normalized spacial score (nSPS) is 30.7. The Kier molecular flexibility index (Phi) is 6.16. The number of benzene rings is 1. The summed E-state index contributed by atoms with van der Waals surface area (Å²) in [5.74, 6) is -3.99. The van der Waals surface area contributed by atoms with Crippen LogP contribution in [0.2, 0.25) is 0 Å². The summed E-state index contributed by atoms with van der Waals surface area (Å²) >= 11 is 0. The summed E-state index contributed by atoms with van der Waals surface area (Å²) in [5, 5.41) is 10.6. The minimum atomic E-state index is -0.718. The van der Waals surface area contributed by atoms with E-state index in [1.807, 2.05) is 47.6 Å². The lowest BCUT2D eigenvalue weighted by atomic mass is 9.57. The lowest BCUT2D eigenvalue weighted by Gasteiger charge is -2.44. The molecule has 0 bridgehead atoms. The first-order valence-electron chi connectivity index (χ1n) is 13.5. The molecule has 1 aromatic rings. The van der Waals surface area contributed by atoms with Crippen LogP contribution in [0.3, 0.4) is 0 Å². The summed E-state index contributed by atoms with van der Waals surface area (Å²) in [7, 11) is 2.87. The fourth-order valence-corrected chi connectivity index (χ4v) is 7.38. The van der Waals surface area contributed by atoms with Crippen molar-refractivity contribution in [1.29, 1.82) is 0 Å². The van der Waals surface area contributed by atoms with Gasteiger partial charge in [-0.05, 0) is 78.0 Å². The molecular weight excluding hydrogens is 500 g/mol. The SMILES string of the molecule is COc1cc([C@H]2C3=CC[C@@H]4C(=O)N(C(C)(C)C)C(=O)[C@@H]4[C@@H]3C[C@H]3C(=O)N(C(C)(C)C)C(=O)[C@@H]23)cc(OC)c1O. The van der Waals surface area contributed by atoms with Gasteiger partial charge in [-0.3, -0.25) is 29.0 Å². The zero-order chi connectivity index (χ0) is 28.8. The smallest absolute Gasteiger partial charge is 0.234 e. The van der Waals surface area contributed by atoms with Crippen LogP contribution in [0.1, 0.15) is 65.9 Å². The van der Waals surface area contributed by atoms with E-state index >= 15 is 0 Å². The number of likely N-dealkylation sites (tertiary alicyclic amines) is 2. The van der Waals surface area contributed by atoms with Crippen LogP contribution in [-0.2, 0) is 19.2 Å². The number of phenols is 1. The Labute approximate surface area is 229 Å². The van der Waals surface area contributed by atoms with E-state index in [9.17, 15) is 24.3 Å². The quantitative estimate of drug-likeness (QED) is 0.462. The summed E-state index contributed by atoms with van der Waals surface area (Å²) in [4.78, 5) is 57.9. The second-order valence-electron chi connectivity index (χ2n) is 13.2. The maximum Gasteiger partial charge on any atom is 0.234 e. The Morgan fingerprint density at radius 3 is 1.72 bits per heavy atom. The van der Waals surface area contributed by atoms with Crippen molar-refractivity contribution in [3.8, 4) is 17.2 Å². The molecular formula is C30H38N2O7. The number of nitrogens with zero attached hydrogens (tertiary/aromatic N) is 2. The molecule has 1 N–H and O–H groups in total. The van der Waals surface area contributed by atoms with Gasteiger partial charge >= 0.3 is 0 Å². The highest BCUT2D eigenvalue weighted by Gasteiger charge is 2.63. The van der Waals surface area contributed by atoms with Crippen molar-refractivity contribution >= 4 is 23.6 Å². The van der Waals surface area contributed by atoms with Crippen molar-refractivity contribution in [3.05, 3.63) is 29.3 Å². The first-order chi connectivity index (χ1) is 18.1. The summed E-state index contributed by atoms with van der Waals surface area (Å²) in [6, 6.07) is 3.35. The van der Waals surface area contributed by atoms with Crippen LogP contribution in [0, 0.1) is 29.6 Å². The van der Waals surface area contributed by atoms with Crippen LogP contribution in [0.5, 0.6) is 17.2 Å². The van der Waals surface area contributed by atoms with Crippen molar-refractivity contribution in [2.45, 2.75) is 71.4 Å². The van der Waals surface area contributed by atoms with E-state index in [1.165, 1.54) is 24.0 Å². The van der Waals surface area contributed by atoms with Crippen molar-refractivity contribution in [2.75, 3.05) is 14.2 Å². The molecule has 4 aliphatic rings. The van der Waals surface area contributed by atoms with E-state index in [-0.39, 0.29) is 46.8 Å². The number of hydrogen-bond acceptors (Lipinski definition) is 7. The maximum atomic E-state index is 14.0. The van der Waals surface area contributed by atoms with E-state index in [0.29, 0.717) is 18.4 Å². The Hall–Kier alpha value is -3.36. The number of methoxy groups -OCH3 is 2. The van der Waals surface area contributed by atoms with Crippen LogP contribution >= 0.6 is 0 Å². The number of fused-ring (bicyclic) bond motifs is 4. The standard InChI is InChI=1S/C30H38N2O7/c1-29(2,3)31-25(34)16-10-9-15-17(22(16)27(31)36)13-18-23(28(37)32(26(18)35)30(4,5)6)21(15)14-11-19(38-7)24(33)20(12-14)39-8/h9,11-12,16-18,21-23,33H,10,13H2,1-8H3/t16-,17+,18+,21-,22-,23+/m0/s1. The first kappa shape index (κ1) is 27.2. The van der Waals surface area contributed by atoms with Gasteiger partial charge < -0.3 is 14.6 Å². The molecule has 3 fully saturated rings. The number of amides is 4. The van der Waals surface area contributed by atoms with E-state index in [4.69, 9.17) is 9.47 Å². The van der Waals surface area contributed by atoms with E-state index in [0.717, 1.165) is 5.57 Å². The van der Waals surface area contributed by atoms with Gasteiger partial charge in [-0.25, -0.2) is 0 Å². The van der Waals surface area contributed by atoms with Gasteiger partial charge in [0.15, 0.2) is 11.5 Å². The molecule has 1 saturated carbocycles. The van der Waals surface area contributed by atoms with Gasteiger partial charge in [0.05, 0.1) is 37.9 Å². The largest absolute Gasteiger partial charge is 0.502 e. The molecule has 2 heterocycles. The molecule has 1 aromatic carbocycles. The molecule has 0 aromatic heterocycles. The molecule has 9 heteroatoms. The fraction of sp³-hybridized carbons (Fsp3) is 0.600. The fourth-order valence-electron chi connectivity index (χ4n) is 7.38. The number of imide groups is 2. The van der Waals surface area contributed by atoms with Crippen molar-refractivity contribution in [2.24, 2.45) is 29.6 Å². The Bertz CT molecular complexity index is 1280. The second kappa shape index (κ2) is 8.83. The third-order valence-corrected chi connectivity index (χ3v) is 8.85. The van der Waals surface area contributed by atoms with Gasteiger partial charge in [0.25, 0.3) is 0 Å². The number of aromatic hydroxyl groups is 1. The predicted molar refractivity (Wildman–Crippen MR) is 142 cm³/mol. The van der Waals surface area contributed by atoms with Gasteiger partial charge in [-0.2, -0.15) is 0 Å². The number of phenolic OH excluding ortho intramolecular Hbond substituents is 1. The Morgan fingerprint density at radius 1 is 0.744 bits per heavy atom. The van der Waals surface area contributed by atoms with Crippen LogP contribution in [0.25, 0.3) is 0 Å². The number of carbonyl (C=O) groups excluding carboxylic acids is 4. The first-order valence-corrected chi connectivity index (χ1v) is 13.5. The van der Waals surface area contributed by atoms with Crippen molar-refractivity contribution < 1.29 is 33.8 Å². The molecule has 0 unspecified atom stereocenters. The van der Waals surface area contributed by atoms with Crippen molar-refractivity contribution in [3.63, 3.8) is 0 Å². The molecule has 0 spiro atoms. The highest BCUT2D eigenvalue weighted by Crippen LogP contribution is 2.59. The van der Waals surface area contributed by atoms with Gasteiger partial charge in [0.2, 0.25) is 29.4 Å². The average Bonchev–Trinajstić information content (AvgIpc) is 3.26. The van der Waals surface area contributed by atoms with Gasteiger partial charge in [0.1, 0.15) is 0 Å². The number of rotatable bonds is 3. The zero-order valence-corrected chi connectivity index (χ0v) is 23.9. The molecule has 39 heavy (non-hydrogen) atoms. The molecule has 2 aliphatic carbocycles. The molecule has 2 saturated heterocycles. The Balaban J connectivity index is 1.70. The van der Waals surface area contributed by atoms with E-state index < -0.39 is 40.7 Å². The topological polar surface area (TPSA) is 113 Å². The van der Waals surface area contributed by atoms with Crippen LogP contribution < -0.4 is 9.47 Å². The highest BCUT2D eigenvalue weighted by atomic mass is 16.5. The highest BCUT2D eigenvalue weighted by molar-refractivity contribution is 6.08. The summed E-state index contributed by atoms with van der Waals surface area (Å²) in [5.41, 5.74) is 0.167. The lowest BCUT2D eigenvalue weighted by Crippen LogP contribution is -2.47. The minimum absolute atomic E-state index is 0.159. The minimum Gasteiger partial charge on any atom is -0.502 e. The van der Waals surface area contributed by atoms with Crippen LogP contribution in [0.4, 0.5) is 0 Å². The zero-order valence-electron chi connectivity index (χ0n) is 23.9. The number of ether oxygens (including phenoxy) is 2. The average molecular weight is 539 g/mol. The molecule has 0 radical (unpaired) electrons. The number of allylic oxidation sites excluding steroid dienone is 2. The van der Waals surface area contributed by atoms with Gasteiger partial charge in [-0.15, -0.1) is 0 Å². The third kappa shape index (κ3) is 3.87. The van der Waals surface area contributed by atoms with Gasteiger partial charge in [0, 0.05) is 17.0 Å². The van der Waals surface area contributed by atoms with Crippen LogP contribution in [0.15, 0.2) is 23.8 Å². The predicted octanol–water partition coefficient (Wildman–Crippen LogP) is 3.64. The molecule has 6 atom stereocenters. The van der Waals surface area contributed by atoms with Gasteiger partial charge in [-0.1, -0.05) is 11.6 Å². The summed E-state index contributed by atoms with van der Waals surface area (Å²) in [6.07, 6.45) is 2.72. The third-order valence-electron chi connectivity index (χ3n) is 8.85. The van der Waals surface area contributed by atoms with E-state index in [1.54, 1.807) is 12.1 Å². The second-order valence-corrected chi connectivity index (χ2v) is 13.2. The molecule has 9 nitrogen and oxygen atoms in total. The molecule has 5 rings (SSSR count). The molecule has 4 amide bonds. The monoisotopic (exact) mass is 538 g/mol. The summed E-state index contributed by atoms with van der Waals surface area (Å²) < 4.78 is 10.8. The van der Waals surface area contributed by atoms with E-state index in [2.05, 4.69) is 0 Å². The molecule has 210 valence electrons. The van der Waals surface area contributed by atoms with Crippen LogP contribution in [-0.4, -0.2) is 63.8 Å². The maximum absolute atomic E-state index is 14.0. The number of carbonyl (C=O) groups is 4. The van der Waals surface area contributed by atoms with Crippen molar-refractivity contribution in [1.82, 2.24) is 9.80 Å². The summed E-state index contributed by atoms with van der Waals surface area (Å²) in [6.45, 7) is 11.1. The Morgan fingerprint density at radius 2 is 1.23 bits per heavy atom. The molecule has 2 aliphatic heterocycles.